The maximum Gasteiger partial charge on any atom is 0.227 e. The van der Waals surface area contributed by atoms with E-state index in [2.05, 4.69) is 150 Å². The fraction of sp³-hybridized carbons (Fsp3) is 0. The highest BCUT2D eigenvalue weighted by Gasteiger charge is 2.19. The maximum atomic E-state index is 6.37. The van der Waals surface area contributed by atoms with Gasteiger partial charge in [-0.2, -0.15) is 0 Å². The Labute approximate surface area is 332 Å². The fourth-order valence-electron chi connectivity index (χ4n) is 8.52. The molecule has 272 valence electrons. The van der Waals surface area contributed by atoms with Crippen molar-refractivity contribution in [3.63, 3.8) is 0 Å². The van der Waals surface area contributed by atoms with Crippen LogP contribution in [0.2, 0.25) is 0 Å². The molecule has 0 radical (unpaired) electrons. The van der Waals surface area contributed by atoms with Gasteiger partial charge in [0.25, 0.3) is 0 Å². The highest BCUT2D eigenvalue weighted by molar-refractivity contribution is 6.07. The lowest BCUT2D eigenvalue weighted by molar-refractivity contribution is 0.619. The zero-order chi connectivity index (χ0) is 38.2. The summed E-state index contributed by atoms with van der Waals surface area (Å²) in [6.07, 6.45) is 0. The molecule has 3 aromatic heterocycles. The highest BCUT2D eigenvalue weighted by Crippen LogP contribution is 2.41. The average Bonchev–Trinajstić information content (AvgIpc) is 4.00. The molecule has 9 aromatic carbocycles. The van der Waals surface area contributed by atoms with E-state index >= 15 is 0 Å². The Bertz CT molecular complexity index is 3510. The molecule has 0 amide bonds. The summed E-state index contributed by atoms with van der Waals surface area (Å²) in [6, 6.07) is 67.6. The summed E-state index contributed by atoms with van der Waals surface area (Å²) >= 11 is 0. The van der Waals surface area contributed by atoms with Crippen molar-refractivity contribution >= 4 is 82.8 Å². The number of anilines is 3. The molecule has 0 aliphatic rings. The number of rotatable bonds is 6. The number of fused-ring (bicyclic) bond motifs is 8. The van der Waals surface area contributed by atoms with Gasteiger partial charge in [0.1, 0.15) is 27.8 Å². The van der Waals surface area contributed by atoms with Gasteiger partial charge in [0.15, 0.2) is 5.58 Å². The molecule has 0 unspecified atom stereocenters. The number of furan rings is 2. The minimum atomic E-state index is 0.557. The van der Waals surface area contributed by atoms with E-state index in [1.165, 1.54) is 21.9 Å². The van der Waals surface area contributed by atoms with Crippen LogP contribution < -0.4 is 4.90 Å². The third kappa shape index (κ3) is 5.21. The first-order valence-electron chi connectivity index (χ1n) is 19.4. The molecule has 0 saturated heterocycles. The molecule has 0 atom stereocenters. The van der Waals surface area contributed by atoms with Gasteiger partial charge in [-0.1, -0.05) is 115 Å². The van der Waals surface area contributed by atoms with Crippen LogP contribution in [0.1, 0.15) is 0 Å². The first-order valence-corrected chi connectivity index (χ1v) is 19.4. The molecule has 0 saturated carbocycles. The Morgan fingerprint density at radius 3 is 1.64 bits per heavy atom. The van der Waals surface area contributed by atoms with Crippen LogP contribution in [0.15, 0.2) is 207 Å². The molecule has 5 heteroatoms. The summed E-state index contributed by atoms with van der Waals surface area (Å²) < 4.78 is 18.8. The van der Waals surface area contributed by atoms with Gasteiger partial charge in [-0.25, -0.2) is 4.98 Å². The third-order valence-corrected chi connectivity index (χ3v) is 11.3. The smallest absolute Gasteiger partial charge is 0.227 e. The molecule has 0 aliphatic heterocycles. The van der Waals surface area contributed by atoms with Crippen LogP contribution in [0.25, 0.3) is 99.5 Å². The van der Waals surface area contributed by atoms with Crippen molar-refractivity contribution in [1.29, 1.82) is 0 Å². The van der Waals surface area contributed by atoms with Gasteiger partial charge >= 0.3 is 0 Å². The Balaban J connectivity index is 0.940. The van der Waals surface area contributed by atoms with E-state index < -0.39 is 0 Å². The van der Waals surface area contributed by atoms with Crippen LogP contribution >= 0.6 is 0 Å². The van der Waals surface area contributed by atoms with Crippen molar-refractivity contribution < 1.29 is 13.3 Å². The number of hydrogen-bond donors (Lipinski definition) is 0. The van der Waals surface area contributed by atoms with Crippen molar-refractivity contribution in [3.8, 4) is 33.7 Å². The topological polar surface area (TPSA) is 55.6 Å². The Kier molecular flexibility index (Phi) is 7.16. The Morgan fingerprint density at radius 1 is 0.328 bits per heavy atom. The van der Waals surface area contributed by atoms with Crippen LogP contribution in [-0.2, 0) is 0 Å². The van der Waals surface area contributed by atoms with E-state index in [0.717, 1.165) is 88.7 Å². The van der Waals surface area contributed by atoms with Crippen LogP contribution in [0, 0.1) is 0 Å². The van der Waals surface area contributed by atoms with Crippen LogP contribution in [0.4, 0.5) is 17.1 Å². The molecular weight excluding hydrogens is 713 g/mol. The number of para-hydroxylation sites is 3. The van der Waals surface area contributed by atoms with E-state index in [9.17, 15) is 0 Å². The lowest BCUT2D eigenvalue weighted by atomic mass is 9.98. The molecule has 0 fully saturated rings. The van der Waals surface area contributed by atoms with Gasteiger partial charge in [0, 0.05) is 49.7 Å². The highest BCUT2D eigenvalue weighted by atomic mass is 16.4. The summed E-state index contributed by atoms with van der Waals surface area (Å²) in [4.78, 5) is 7.35. The van der Waals surface area contributed by atoms with Crippen LogP contribution in [0.5, 0.6) is 0 Å². The zero-order valence-corrected chi connectivity index (χ0v) is 31.1. The van der Waals surface area contributed by atoms with E-state index in [1.807, 2.05) is 48.5 Å². The number of hydrogen-bond acceptors (Lipinski definition) is 5. The van der Waals surface area contributed by atoms with Gasteiger partial charge < -0.3 is 18.2 Å². The molecule has 0 N–H and O–H groups in total. The molecule has 0 aliphatic carbocycles. The number of oxazole rings is 1. The van der Waals surface area contributed by atoms with Gasteiger partial charge in [-0.15, -0.1) is 0 Å². The van der Waals surface area contributed by atoms with Crippen molar-refractivity contribution in [3.05, 3.63) is 194 Å². The van der Waals surface area contributed by atoms with Crippen molar-refractivity contribution in [2.45, 2.75) is 0 Å². The Hall–Kier alpha value is -7.89. The van der Waals surface area contributed by atoms with E-state index in [4.69, 9.17) is 18.2 Å². The zero-order valence-electron chi connectivity index (χ0n) is 31.1. The molecule has 12 aromatic rings. The maximum absolute atomic E-state index is 6.37. The predicted molar refractivity (Wildman–Crippen MR) is 237 cm³/mol. The largest absolute Gasteiger partial charge is 0.456 e. The lowest BCUT2D eigenvalue weighted by Gasteiger charge is -2.26. The minimum Gasteiger partial charge on any atom is -0.456 e. The first kappa shape index (κ1) is 32.4. The van der Waals surface area contributed by atoms with Gasteiger partial charge in [-0.3, -0.25) is 0 Å². The van der Waals surface area contributed by atoms with Gasteiger partial charge in [0.05, 0.1) is 0 Å². The number of benzene rings is 9. The second-order valence-corrected chi connectivity index (χ2v) is 14.7. The molecule has 5 nitrogen and oxygen atoms in total. The molecule has 12 rings (SSSR count). The fourth-order valence-corrected chi connectivity index (χ4v) is 8.52. The van der Waals surface area contributed by atoms with Crippen LogP contribution in [-0.4, -0.2) is 4.98 Å². The van der Waals surface area contributed by atoms with Gasteiger partial charge in [0.2, 0.25) is 5.89 Å². The quantitative estimate of drug-likeness (QED) is 0.170. The molecule has 0 bridgehead atoms. The van der Waals surface area contributed by atoms with E-state index in [0.29, 0.717) is 5.89 Å². The number of aromatic nitrogens is 1. The summed E-state index contributed by atoms with van der Waals surface area (Å²) in [6.45, 7) is 0. The molecule has 0 spiro atoms. The van der Waals surface area contributed by atoms with Crippen LogP contribution in [0.3, 0.4) is 0 Å². The van der Waals surface area contributed by atoms with Crippen molar-refractivity contribution in [1.82, 2.24) is 4.98 Å². The van der Waals surface area contributed by atoms with Crippen molar-refractivity contribution in [2.24, 2.45) is 0 Å². The summed E-state index contributed by atoms with van der Waals surface area (Å²) in [5, 5.41) is 6.81. The average molecular weight is 745 g/mol. The second kappa shape index (κ2) is 12.8. The lowest BCUT2D eigenvalue weighted by Crippen LogP contribution is -2.09. The van der Waals surface area contributed by atoms with E-state index in [-0.39, 0.29) is 0 Å². The second-order valence-electron chi connectivity index (χ2n) is 14.7. The standard InChI is InChI=1S/C53H32N2O3/c1-2-11-40-33(9-1)10-7-14-41(40)34-19-24-37(25-20-34)55(39-28-30-49-46(32-39)44-13-4-6-17-48(44)56-49)38-26-21-35(22-27-38)42-15-8-18-50-52(42)54-53(58-50)36-23-29-45-43-12-3-5-16-47(43)57-51(45)31-36/h1-32H. The first-order chi connectivity index (χ1) is 28.7. The minimum absolute atomic E-state index is 0.557. The van der Waals surface area contributed by atoms with Crippen molar-refractivity contribution in [2.75, 3.05) is 4.90 Å². The normalized spacial score (nSPS) is 11.8. The Morgan fingerprint density at radius 2 is 0.862 bits per heavy atom. The molecule has 3 heterocycles. The summed E-state index contributed by atoms with van der Waals surface area (Å²) in [7, 11) is 0. The van der Waals surface area contributed by atoms with E-state index in [1.54, 1.807) is 0 Å². The molecular formula is C53H32N2O3. The predicted octanol–water partition coefficient (Wildman–Crippen LogP) is 15.3. The third-order valence-electron chi connectivity index (χ3n) is 11.3. The van der Waals surface area contributed by atoms with Gasteiger partial charge in [-0.05, 0) is 106 Å². The number of nitrogens with zero attached hydrogens (tertiary/aromatic N) is 2. The monoisotopic (exact) mass is 744 g/mol. The molecule has 58 heavy (non-hydrogen) atoms. The summed E-state index contributed by atoms with van der Waals surface area (Å²) in [5.41, 5.74) is 13.4. The summed E-state index contributed by atoms with van der Waals surface area (Å²) in [5.74, 6) is 0.557. The SMILES string of the molecule is c1ccc2c(-c3ccc(N(c4ccc(-c5cccc6oc(-c7ccc8c(c7)oc7ccccc78)nc56)cc4)c4ccc5oc6ccccc6c5c4)cc3)cccc2c1.